The third-order valence-electron chi connectivity index (χ3n) is 3.18. The van der Waals surface area contributed by atoms with Crippen molar-refractivity contribution in [2.45, 2.75) is 13.0 Å². The van der Waals surface area contributed by atoms with Gasteiger partial charge < -0.3 is 15.4 Å². The summed E-state index contributed by atoms with van der Waals surface area (Å²) in [5, 5.41) is 5.20. The van der Waals surface area contributed by atoms with Gasteiger partial charge in [0.25, 0.3) is 0 Å². The van der Waals surface area contributed by atoms with Gasteiger partial charge in [0.1, 0.15) is 5.75 Å². The number of carbonyl (C=O) groups is 2. The highest BCUT2D eigenvalue weighted by Crippen LogP contribution is 2.16. The number of methoxy groups -OCH3 is 1. The van der Waals surface area contributed by atoms with E-state index in [9.17, 15) is 9.59 Å². The molecule has 0 aliphatic rings. The molecule has 5 heteroatoms. The molecule has 2 aromatic rings. The molecule has 2 amide bonds. The van der Waals surface area contributed by atoms with Gasteiger partial charge in [-0.15, -0.1) is 0 Å². The van der Waals surface area contributed by atoms with Crippen molar-refractivity contribution in [1.82, 2.24) is 5.32 Å². The summed E-state index contributed by atoms with van der Waals surface area (Å²) in [5.41, 5.74) is 1.44. The Labute approximate surface area is 129 Å². The van der Waals surface area contributed by atoms with E-state index in [0.29, 0.717) is 11.4 Å². The first kappa shape index (κ1) is 15.6. The number of nitrogens with one attached hydrogen (secondary N) is 2. The zero-order valence-electron chi connectivity index (χ0n) is 12.5. The average molecular weight is 298 g/mol. The summed E-state index contributed by atoms with van der Waals surface area (Å²) in [4.78, 5) is 23.8. The van der Waals surface area contributed by atoms with Crippen LogP contribution in [0.25, 0.3) is 0 Å². The number of amides is 2. The Balaban J connectivity index is 1.96. The highest BCUT2D eigenvalue weighted by atomic mass is 16.5. The molecule has 0 aliphatic heterocycles. The zero-order valence-corrected chi connectivity index (χ0v) is 12.5. The number of ether oxygens (including phenoxy) is 1. The van der Waals surface area contributed by atoms with Crippen LogP contribution < -0.4 is 15.4 Å². The molecule has 0 saturated carbocycles. The van der Waals surface area contributed by atoms with Crippen LogP contribution in [0, 0.1) is 0 Å². The van der Waals surface area contributed by atoms with Gasteiger partial charge in [-0.05, 0) is 24.6 Å². The highest BCUT2D eigenvalue weighted by molar-refractivity contribution is 6.39. The fourth-order valence-corrected chi connectivity index (χ4v) is 1.98. The van der Waals surface area contributed by atoms with Gasteiger partial charge in [0.2, 0.25) is 0 Å². The number of hydrogen-bond acceptors (Lipinski definition) is 3. The van der Waals surface area contributed by atoms with Crippen LogP contribution in [0.15, 0.2) is 54.6 Å². The lowest BCUT2D eigenvalue weighted by molar-refractivity contribution is -0.136. The fourth-order valence-electron chi connectivity index (χ4n) is 1.98. The third-order valence-corrected chi connectivity index (χ3v) is 3.18. The van der Waals surface area contributed by atoms with Gasteiger partial charge in [-0.25, -0.2) is 0 Å². The maximum absolute atomic E-state index is 11.9. The molecule has 0 fully saturated rings. The predicted octanol–water partition coefficient (Wildman–Crippen LogP) is 2.51. The Bertz CT molecular complexity index is 656. The van der Waals surface area contributed by atoms with Gasteiger partial charge in [0.05, 0.1) is 13.2 Å². The van der Waals surface area contributed by atoms with E-state index in [0.717, 1.165) is 5.56 Å². The molecule has 1 atom stereocenters. The maximum atomic E-state index is 11.9. The van der Waals surface area contributed by atoms with E-state index in [2.05, 4.69) is 10.6 Å². The summed E-state index contributed by atoms with van der Waals surface area (Å²) in [5.74, 6) is -0.786. The molecule has 0 spiro atoms. The normalized spacial score (nSPS) is 11.4. The number of carbonyl (C=O) groups excluding carboxylic acids is 2. The van der Waals surface area contributed by atoms with Gasteiger partial charge in [-0.2, -0.15) is 0 Å². The molecule has 2 N–H and O–H groups in total. The van der Waals surface area contributed by atoms with Crippen molar-refractivity contribution in [2.24, 2.45) is 0 Å². The van der Waals surface area contributed by atoms with E-state index in [4.69, 9.17) is 4.74 Å². The van der Waals surface area contributed by atoms with Crippen LogP contribution in [0.1, 0.15) is 18.5 Å². The number of anilines is 1. The van der Waals surface area contributed by atoms with Crippen molar-refractivity contribution in [2.75, 3.05) is 12.4 Å². The monoisotopic (exact) mass is 298 g/mol. The van der Waals surface area contributed by atoms with Crippen molar-refractivity contribution in [3.8, 4) is 5.75 Å². The topological polar surface area (TPSA) is 67.4 Å². The molecule has 0 radical (unpaired) electrons. The van der Waals surface area contributed by atoms with Crippen LogP contribution in [0.3, 0.4) is 0 Å². The number of rotatable bonds is 4. The lowest BCUT2D eigenvalue weighted by atomic mass is 10.1. The minimum atomic E-state index is -0.712. The van der Waals surface area contributed by atoms with Crippen LogP contribution in [0.5, 0.6) is 5.75 Å². The first-order valence-electron chi connectivity index (χ1n) is 6.91. The van der Waals surface area contributed by atoms with Crippen molar-refractivity contribution in [3.63, 3.8) is 0 Å². The Morgan fingerprint density at radius 2 is 1.73 bits per heavy atom. The van der Waals surface area contributed by atoms with Crippen molar-refractivity contribution in [1.29, 1.82) is 0 Å². The highest BCUT2D eigenvalue weighted by Gasteiger charge is 2.17. The van der Waals surface area contributed by atoms with Crippen LogP contribution in [0.4, 0.5) is 5.69 Å². The maximum Gasteiger partial charge on any atom is 0.313 e. The van der Waals surface area contributed by atoms with Gasteiger partial charge in [-0.1, -0.05) is 36.4 Å². The first-order valence-corrected chi connectivity index (χ1v) is 6.91. The summed E-state index contributed by atoms with van der Waals surface area (Å²) in [6, 6.07) is 16.0. The SMILES string of the molecule is COc1cccc(NC(=O)C(=O)NC(C)c2ccccc2)c1. The van der Waals surface area contributed by atoms with Crippen LogP contribution in [-0.4, -0.2) is 18.9 Å². The molecule has 1 unspecified atom stereocenters. The van der Waals surface area contributed by atoms with Crippen molar-refractivity contribution in [3.05, 3.63) is 60.2 Å². The molecule has 22 heavy (non-hydrogen) atoms. The van der Waals surface area contributed by atoms with E-state index in [-0.39, 0.29) is 6.04 Å². The van der Waals surface area contributed by atoms with Gasteiger partial charge in [-0.3, -0.25) is 9.59 Å². The van der Waals surface area contributed by atoms with Gasteiger partial charge in [0, 0.05) is 11.8 Å². The van der Waals surface area contributed by atoms with Crippen LogP contribution in [0.2, 0.25) is 0 Å². The molecule has 5 nitrogen and oxygen atoms in total. The Morgan fingerprint density at radius 1 is 1.00 bits per heavy atom. The molecule has 0 aromatic heterocycles. The molecular formula is C17H18N2O3. The minimum Gasteiger partial charge on any atom is -0.497 e. The smallest absolute Gasteiger partial charge is 0.313 e. The van der Waals surface area contributed by atoms with Crippen LogP contribution >= 0.6 is 0 Å². The standard InChI is InChI=1S/C17H18N2O3/c1-12(13-7-4-3-5-8-13)18-16(20)17(21)19-14-9-6-10-15(11-14)22-2/h3-12H,1-2H3,(H,18,20)(H,19,21). The van der Waals surface area contributed by atoms with Gasteiger partial charge >= 0.3 is 11.8 Å². The van der Waals surface area contributed by atoms with E-state index < -0.39 is 11.8 Å². The lowest BCUT2D eigenvalue weighted by Gasteiger charge is -2.14. The third kappa shape index (κ3) is 4.09. The summed E-state index contributed by atoms with van der Waals surface area (Å²) >= 11 is 0. The second-order valence-corrected chi connectivity index (χ2v) is 4.79. The zero-order chi connectivity index (χ0) is 15.9. The predicted molar refractivity (Wildman–Crippen MR) is 84.6 cm³/mol. The molecule has 0 saturated heterocycles. The first-order chi connectivity index (χ1) is 10.6. The molecule has 0 bridgehead atoms. The van der Waals surface area contributed by atoms with E-state index in [1.807, 2.05) is 37.3 Å². The van der Waals surface area contributed by atoms with Crippen LogP contribution in [-0.2, 0) is 9.59 Å². The average Bonchev–Trinajstić information content (AvgIpc) is 2.55. The summed E-state index contributed by atoms with van der Waals surface area (Å²) in [6.45, 7) is 1.83. The summed E-state index contributed by atoms with van der Waals surface area (Å²) < 4.78 is 5.07. The van der Waals surface area contributed by atoms with Gasteiger partial charge in [0.15, 0.2) is 0 Å². The molecule has 0 heterocycles. The summed E-state index contributed by atoms with van der Waals surface area (Å²) in [7, 11) is 1.54. The van der Waals surface area contributed by atoms with E-state index >= 15 is 0 Å². The Kier molecular flexibility index (Phi) is 5.14. The molecule has 2 aromatic carbocycles. The van der Waals surface area contributed by atoms with Crippen molar-refractivity contribution >= 4 is 17.5 Å². The van der Waals surface area contributed by atoms with E-state index in [1.54, 1.807) is 24.3 Å². The largest absolute Gasteiger partial charge is 0.497 e. The van der Waals surface area contributed by atoms with E-state index in [1.165, 1.54) is 7.11 Å². The minimum absolute atomic E-state index is 0.246. The molecular weight excluding hydrogens is 280 g/mol. The Morgan fingerprint density at radius 3 is 2.41 bits per heavy atom. The molecule has 2 rings (SSSR count). The quantitative estimate of drug-likeness (QED) is 0.852. The number of hydrogen-bond donors (Lipinski definition) is 2. The Hall–Kier alpha value is -2.82. The second kappa shape index (κ2) is 7.26. The molecule has 0 aliphatic carbocycles. The van der Waals surface area contributed by atoms with Crippen molar-refractivity contribution < 1.29 is 14.3 Å². The summed E-state index contributed by atoms with van der Waals surface area (Å²) in [6.07, 6.45) is 0. The number of benzene rings is 2. The fraction of sp³-hybridized carbons (Fsp3) is 0.176. The lowest BCUT2D eigenvalue weighted by Crippen LogP contribution is -2.36. The second-order valence-electron chi connectivity index (χ2n) is 4.79. The molecule has 114 valence electrons.